The van der Waals surface area contributed by atoms with E-state index < -0.39 is 6.10 Å². The Morgan fingerprint density at radius 2 is 2.09 bits per heavy atom. The second-order valence-corrected chi connectivity index (χ2v) is 2.21. The number of aliphatic hydroxyl groups is 1. The molecule has 0 radical (unpaired) electrons. The first-order valence-corrected chi connectivity index (χ1v) is 3.23. The summed E-state index contributed by atoms with van der Waals surface area (Å²) in [6.07, 6.45) is -0.651. The highest BCUT2D eigenvalue weighted by Gasteiger charge is 2.07. The van der Waals surface area contributed by atoms with Crippen molar-refractivity contribution >= 4 is 12.0 Å². The van der Waals surface area contributed by atoms with Crippen LogP contribution in [-0.2, 0) is 4.79 Å². The minimum atomic E-state index is -1.10. The van der Waals surface area contributed by atoms with Crippen LogP contribution in [0.4, 0.5) is 5.69 Å². The predicted molar refractivity (Wildman–Crippen MR) is 41.9 cm³/mol. The Bertz CT molecular complexity index is 260. The van der Waals surface area contributed by atoms with Crippen molar-refractivity contribution in [2.45, 2.75) is 6.10 Å². The molecule has 1 unspecified atom stereocenters. The fourth-order valence-electron chi connectivity index (χ4n) is 0.854. The van der Waals surface area contributed by atoms with Gasteiger partial charge in [0, 0.05) is 11.3 Å². The van der Waals surface area contributed by atoms with Gasteiger partial charge in [-0.15, -0.1) is 0 Å². The monoisotopic (exact) mass is 151 g/mol. The molecule has 3 nitrogen and oxygen atoms in total. The molecule has 0 saturated carbocycles. The molecule has 1 aromatic rings. The van der Waals surface area contributed by atoms with Crippen molar-refractivity contribution in [3.63, 3.8) is 0 Å². The average molecular weight is 151 g/mol. The summed E-state index contributed by atoms with van der Waals surface area (Å²) in [5.41, 5.74) is 6.38. The molecule has 3 heteroatoms. The second kappa shape index (κ2) is 3.16. The van der Waals surface area contributed by atoms with Gasteiger partial charge in [-0.05, 0) is 6.07 Å². The highest BCUT2D eigenvalue weighted by atomic mass is 16.3. The van der Waals surface area contributed by atoms with Gasteiger partial charge in [0.15, 0.2) is 6.29 Å². The molecule has 1 atom stereocenters. The number of aliphatic hydroxyl groups excluding tert-OH is 1. The highest BCUT2D eigenvalue weighted by Crippen LogP contribution is 2.17. The zero-order valence-electron chi connectivity index (χ0n) is 5.90. The van der Waals surface area contributed by atoms with Crippen LogP contribution in [0.5, 0.6) is 0 Å². The van der Waals surface area contributed by atoms with Crippen LogP contribution < -0.4 is 5.73 Å². The maximum Gasteiger partial charge on any atom is 0.153 e. The van der Waals surface area contributed by atoms with Crippen molar-refractivity contribution in [1.82, 2.24) is 0 Å². The summed E-state index contributed by atoms with van der Waals surface area (Å²) >= 11 is 0. The van der Waals surface area contributed by atoms with E-state index in [0.717, 1.165) is 0 Å². The van der Waals surface area contributed by atoms with Crippen molar-refractivity contribution in [2.75, 3.05) is 5.73 Å². The van der Waals surface area contributed by atoms with E-state index in [1.165, 1.54) is 0 Å². The lowest BCUT2D eigenvalue weighted by Crippen LogP contribution is -2.02. The Kier molecular flexibility index (Phi) is 2.23. The normalized spacial score (nSPS) is 12.5. The molecule has 0 saturated heterocycles. The third kappa shape index (κ3) is 1.56. The lowest BCUT2D eigenvalue weighted by Gasteiger charge is -2.05. The molecule has 0 aromatic heterocycles. The summed E-state index contributed by atoms with van der Waals surface area (Å²) in [6.45, 7) is 0. The van der Waals surface area contributed by atoms with Crippen LogP contribution in [0.3, 0.4) is 0 Å². The largest absolute Gasteiger partial charge is 0.398 e. The standard InChI is InChI=1S/C8H9NO2/c9-7-4-2-1-3-6(7)8(11)5-10/h1-5,8,11H,9H2. The number of benzene rings is 1. The highest BCUT2D eigenvalue weighted by molar-refractivity contribution is 5.64. The molecule has 0 heterocycles. The fourth-order valence-corrected chi connectivity index (χ4v) is 0.854. The summed E-state index contributed by atoms with van der Waals surface area (Å²) in [5.74, 6) is 0. The van der Waals surface area contributed by atoms with E-state index in [1.807, 2.05) is 0 Å². The van der Waals surface area contributed by atoms with Crippen molar-refractivity contribution in [1.29, 1.82) is 0 Å². The van der Waals surface area contributed by atoms with Crippen LogP contribution in [0.15, 0.2) is 24.3 Å². The molecule has 0 aliphatic rings. The smallest absolute Gasteiger partial charge is 0.153 e. The van der Waals surface area contributed by atoms with Gasteiger partial charge in [-0.1, -0.05) is 18.2 Å². The molecule has 3 N–H and O–H groups in total. The average Bonchev–Trinajstić information content (AvgIpc) is 2.04. The topological polar surface area (TPSA) is 63.3 Å². The van der Waals surface area contributed by atoms with Gasteiger partial charge in [-0.2, -0.15) is 0 Å². The van der Waals surface area contributed by atoms with Crippen molar-refractivity contribution < 1.29 is 9.90 Å². The van der Waals surface area contributed by atoms with Crippen LogP contribution in [0.1, 0.15) is 11.7 Å². The molecule has 1 aromatic carbocycles. The third-order valence-electron chi connectivity index (χ3n) is 1.44. The SMILES string of the molecule is Nc1ccccc1C(O)C=O. The number of nitrogen functional groups attached to an aromatic ring is 1. The van der Waals surface area contributed by atoms with Crippen LogP contribution in [0.2, 0.25) is 0 Å². The van der Waals surface area contributed by atoms with Gasteiger partial charge in [0.05, 0.1) is 0 Å². The number of nitrogens with two attached hydrogens (primary N) is 1. The van der Waals surface area contributed by atoms with E-state index in [0.29, 0.717) is 17.5 Å². The molecule has 0 aliphatic heterocycles. The lowest BCUT2D eigenvalue weighted by molar-refractivity contribution is -0.115. The summed E-state index contributed by atoms with van der Waals surface area (Å²) in [6, 6.07) is 6.73. The van der Waals surface area contributed by atoms with Crippen LogP contribution in [0, 0.1) is 0 Å². The quantitative estimate of drug-likeness (QED) is 0.478. The number of rotatable bonds is 2. The predicted octanol–water partition coefficient (Wildman–Crippen LogP) is 0.501. The molecule has 0 fully saturated rings. The Balaban J connectivity index is 3.02. The number of carbonyl (C=O) groups is 1. The minimum absolute atomic E-state index is 0.437. The van der Waals surface area contributed by atoms with Crippen molar-refractivity contribution in [3.8, 4) is 0 Å². The van der Waals surface area contributed by atoms with Gasteiger partial charge >= 0.3 is 0 Å². The first-order chi connectivity index (χ1) is 5.25. The van der Waals surface area contributed by atoms with Gasteiger partial charge in [0.2, 0.25) is 0 Å². The van der Waals surface area contributed by atoms with Gasteiger partial charge in [-0.25, -0.2) is 0 Å². The zero-order chi connectivity index (χ0) is 8.27. The van der Waals surface area contributed by atoms with Crippen LogP contribution in [0.25, 0.3) is 0 Å². The molecular formula is C8H9NO2. The first-order valence-electron chi connectivity index (χ1n) is 3.23. The Morgan fingerprint density at radius 3 is 2.64 bits per heavy atom. The summed E-state index contributed by atoms with van der Waals surface area (Å²) < 4.78 is 0. The third-order valence-corrected chi connectivity index (χ3v) is 1.44. The number of anilines is 1. The van der Waals surface area contributed by atoms with Crippen molar-refractivity contribution in [3.05, 3.63) is 29.8 Å². The van der Waals surface area contributed by atoms with E-state index in [-0.39, 0.29) is 0 Å². The van der Waals surface area contributed by atoms with Crippen LogP contribution >= 0.6 is 0 Å². The second-order valence-electron chi connectivity index (χ2n) is 2.21. The molecule has 0 spiro atoms. The Hall–Kier alpha value is -1.35. The Labute approximate surface area is 64.5 Å². The van der Waals surface area contributed by atoms with Gasteiger partial charge in [-0.3, -0.25) is 0 Å². The maximum absolute atomic E-state index is 10.2. The fraction of sp³-hybridized carbons (Fsp3) is 0.125. The van der Waals surface area contributed by atoms with E-state index in [2.05, 4.69) is 0 Å². The van der Waals surface area contributed by atoms with Crippen LogP contribution in [-0.4, -0.2) is 11.4 Å². The lowest BCUT2D eigenvalue weighted by atomic mass is 10.1. The molecule has 0 bridgehead atoms. The van der Waals surface area contributed by atoms with E-state index in [1.54, 1.807) is 24.3 Å². The summed E-state index contributed by atoms with van der Waals surface area (Å²) in [7, 11) is 0. The van der Waals surface area contributed by atoms with Gasteiger partial charge < -0.3 is 15.6 Å². The molecular weight excluding hydrogens is 142 g/mol. The van der Waals surface area contributed by atoms with E-state index in [9.17, 15) is 4.79 Å². The van der Waals surface area contributed by atoms with Gasteiger partial charge in [0.25, 0.3) is 0 Å². The molecule has 1 rings (SSSR count). The number of hydrogen-bond donors (Lipinski definition) is 2. The van der Waals surface area contributed by atoms with Gasteiger partial charge in [0.1, 0.15) is 6.10 Å². The molecule has 0 amide bonds. The number of para-hydroxylation sites is 1. The maximum atomic E-state index is 10.2. The number of aldehydes is 1. The molecule has 0 aliphatic carbocycles. The molecule has 11 heavy (non-hydrogen) atoms. The number of carbonyl (C=O) groups excluding carboxylic acids is 1. The minimum Gasteiger partial charge on any atom is -0.398 e. The summed E-state index contributed by atoms with van der Waals surface area (Å²) in [5, 5.41) is 9.06. The molecule has 58 valence electrons. The first kappa shape index (κ1) is 7.75. The Morgan fingerprint density at radius 1 is 1.45 bits per heavy atom. The number of hydrogen-bond acceptors (Lipinski definition) is 3. The van der Waals surface area contributed by atoms with E-state index >= 15 is 0 Å². The summed E-state index contributed by atoms with van der Waals surface area (Å²) in [4.78, 5) is 10.2. The van der Waals surface area contributed by atoms with E-state index in [4.69, 9.17) is 10.8 Å². The van der Waals surface area contributed by atoms with Crippen molar-refractivity contribution in [2.24, 2.45) is 0 Å². The zero-order valence-corrected chi connectivity index (χ0v) is 5.90.